The van der Waals surface area contributed by atoms with Crippen molar-refractivity contribution in [3.63, 3.8) is 0 Å². The Balaban J connectivity index is 1.48. The first-order valence-corrected chi connectivity index (χ1v) is 9.62. The Morgan fingerprint density at radius 3 is 2.41 bits per heavy atom. The first-order chi connectivity index (χ1) is 15.2. The molecule has 2 aromatic carbocycles. The van der Waals surface area contributed by atoms with Crippen LogP contribution in [0.1, 0.15) is 22.3 Å². The number of ether oxygens (including phenoxy) is 1. The average Bonchev–Trinajstić information content (AvgIpc) is 3.14. The van der Waals surface area contributed by atoms with Gasteiger partial charge >= 0.3 is 5.97 Å². The molecule has 1 fully saturated rings. The summed E-state index contributed by atoms with van der Waals surface area (Å²) in [5.74, 6) is -3.24. The number of nitro groups is 1. The number of nitrogens with one attached hydrogen (secondary N) is 2. The van der Waals surface area contributed by atoms with E-state index in [1.54, 1.807) is 12.1 Å². The fourth-order valence-electron chi connectivity index (χ4n) is 2.98. The van der Waals surface area contributed by atoms with E-state index in [0.29, 0.717) is 5.69 Å². The Morgan fingerprint density at radius 1 is 1.12 bits per heavy atom. The molecule has 1 atom stereocenters. The number of non-ortho nitro benzene ring substituents is 1. The van der Waals surface area contributed by atoms with Crippen molar-refractivity contribution >= 4 is 35.1 Å². The number of aryl methyl sites for hydroxylation is 1. The number of benzene rings is 2. The zero-order valence-corrected chi connectivity index (χ0v) is 17.1. The Labute approximate surface area is 182 Å². The van der Waals surface area contributed by atoms with Crippen molar-refractivity contribution in [2.45, 2.75) is 13.3 Å². The SMILES string of the molecule is Cc1ccc(NC(=O)COC(=O)[C@H]2CC(=O)N(NC(=O)c3ccc([N+](=O)[O-])cc3)C2)cc1. The van der Waals surface area contributed by atoms with E-state index in [1.807, 2.05) is 19.1 Å². The number of carbonyl (C=O) groups is 4. The Kier molecular flexibility index (Phi) is 6.78. The molecule has 0 saturated carbocycles. The lowest BCUT2D eigenvalue weighted by Crippen LogP contribution is -2.43. The molecular formula is C21H20N4O7. The number of hydrogen-bond acceptors (Lipinski definition) is 7. The number of amides is 3. The summed E-state index contributed by atoms with van der Waals surface area (Å²) in [4.78, 5) is 58.7. The highest BCUT2D eigenvalue weighted by Crippen LogP contribution is 2.18. The van der Waals surface area contributed by atoms with E-state index < -0.39 is 41.1 Å². The molecule has 2 aromatic rings. The van der Waals surface area contributed by atoms with Gasteiger partial charge in [-0.25, -0.2) is 0 Å². The van der Waals surface area contributed by atoms with Crippen LogP contribution in [0, 0.1) is 23.0 Å². The molecule has 0 radical (unpaired) electrons. The number of carbonyl (C=O) groups excluding carboxylic acids is 4. The van der Waals surface area contributed by atoms with Crippen LogP contribution in [0.4, 0.5) is 11.4 Å². The van der Waals surface area contributed by atoms with Gasteiger partial charge in [-0.15, -0.1) is 0 Å². The number of hydrogen-bond donors (Lipinski definition) is 2. The Bertz CT molecular complexity index is 1050. The fourth-order valence-corrected chi connectivity index (χ4v) is 2.98. The van der Waals surface area contributed by atoms with Gasteiger partial charge in [0.1, 0.15) is 0 Å². The molecule has 0 spiro atoms. The number of esters is 1. The number of nitrogens with zero attached hydrogens (tertiary/aromatic N) is 2. The molecule has 166 valence electrons. The predicted molar refractivity (Wildman–Crippen MR) is 111 cm³/mol. The molecule has 0 bridgehead atoms. The molecule has 1 aliphatic rings. The molecule has 1 aliphatic heterocycles. The maximum Gasteiger partial charge on any atom is 0.311 e. The zero-order chi connectivity index (χ0) is 23.3. The lowest BCUT2D eigenvalue weighted by molar-refractivity contribution is -0.384. The number of rotatable bonds is 7. The minimum atomic E-state index is -0.841. The minimum absolute atomic E-state index is 0.113. The molecule has 11 heteroatoms. The quantitative estimate of drug-likeness (QED) is 0.377. The van der Waals surface area contributed by atoms with E-state index in [1.165, 1.54) is 24.3 Å². The molecular weight excluding hydrogens is 420 g/mol. The summed E-state index contributed by atoms with van der Waals surface area (Å²) in [5, 5.41) is 14.3. The first-order valence-electron chi connectivity index (χ1n) is 9.62. The van der Waals surface area contributed by atoms with E-state index in [2.05, 4.69) is 10.7 Å². The van der Waals surface area contributed by atoms with Crippen LogP contribution in [-0.2, 0) is 19.1 Å². The topological polar surface area (TPSA) is 148 Å². The van der Waals surface area contributed by atoms with E-state index >= 15 is 0 Å². The third-order valence-corrected chi connectivity index (χ3v) is 4.72. The van der Waals surface area contributed by atoms with E-state index in [-0.39, 0.29) is 24.2 Å². The second kappa shape index (κ2) is 9.69. The van der Waals surface area contributed by atoms with E-state index in [0.717, 1.165) is 10.6 Å². The highest BCUT2D eigenvalue weighted by molar-refractivity contribution is 5.97. The summed E-state index contributed by atoms with van der Waals surface area (Å²) in [6, 6.07) is 11.9. The maximum atomic E-state index is 12.3. The highest BCUT2D eigenvalue weighted by Gasteiger charge is 2.36. The summed E-state index contributed by atoms with van der Waals surface area (Å²) in [6.07, 6.45) is -0.182. The number of anilines is 1. The van der Waals surface area contributed by atoms with Gasteiger partial charge in [0, 0.05) is 29.8 Å². The van der Waals surface area contributed by atoms with Gasteiger partial charge in [0.05, 0.1) is 17.4 Å². The summed E-state index contributed by atoms with van der Waals surface area (Å²) in [6.45, 7) is 1.29. The van der Waals surface area contributed by atoms with Crippen molar-refractivity contribution in [1.82, 2.24) is 10.4 Å². The van der Waals surface area contributed by atoms with Crippen molar-refractivity contribution in [2.75, 3.05) is 18.5 Å². The minimum Gasteiger partial charge on any atom is -0.455 e. The number of hydrazine groups is 1. The van der Waals surface area contributed by atoms with Crippen molar-refractivity contribution in [1.29, 1.82) is 0 Å². The van der Waals surface area contributed by atoms with Crippen LogP contribution in [0.3, 0.4) is 0 Å². The summed E-state index contributed by atoms with van der Waals surface area (Å²) < 4.78 is 5.00. The summed E-state index contributed by atoms with van der Waals surface area (Å²) in [7, 11) is 0. The number of nitro benzene ring substituents is 1. The van der Waals surface area contributed by atoms with Gasteiger partial charge in [-0.2, -0.15) is 0 Å². The third-order valence-electron chi connectivity index (χ3n) is 4.72. The normalized spacial score (nSPS) is 15.2. The van der Waals surface area contributed by atoms with Gasteiger partial charge in [-0.05, 0) is 31.2 Å². The van der Waals surface area contributed by atoms with Crippen LogP contribution < -0.4 is 10.7 Å². The highest BCUT2D eigenvalue weighted by atomic mass is 16.6. The second-order valence-corrected chi connectivity index (χ2v) is 7.17. The third kappa shape index (κ3) is 5.65. The second-order valence-electron chi connectivity index (χ2n) is 7.17. The lowest BCUT2D eigenvalue weighted by Gasteiger charge is -2.17. The average molecular weight is 440 g/mol. The van der Waals surface area contributed by atoms with Crippen LogP contribution in [0.5, 0.6) is 0 Å². The largest absolute Gasteiger partial charge is 0.455 e. The van der Waals surface area contributed by atoms with Gasteiger partial charge in [-0.1, -0.05) is 17.7 Å². The van der Waals surface area contributed by atoms with Crippen molar-refractivity contribution in [3.8, 4) is 0 Å². The molecule has 1 heterocycles. The molecule has 0 unspecified atom stereocenters. The molecule has 0 aliphatic carbocycles. The molecule has 2 N–H and O–H groups in total. The van der Waals surface area contributed by atoms with Gasteiger partial charge in [0.2, 0.25) is 5.91 Å². The first kappa shape index (κ1) is 22.4. The van der Waals surface area contributed by atoms with Crippen molar-refractivity contribution in [3.05, 3.63) is 69.8 Å². The van der Waals surface area contributed by atoms with Crippen LogP contribution in [0.25, 0.3) is 0 Å². The summed E-state index contributed by atoms with van der Waals surface area (Å²) >= 11 is 0. The zero-order valence-electron chi connectivity index (χ0n) is 17.1. The molecule has 1 saturated heterocycles. The molecule has 3 rings (SSSR count). The summed E-state index contributed by atoms with van der Waals surface area (Å²) in [5.41, 5.74) is 3.90. The van der Waals surface area contributed by atoms with E-state index in [4.69, 9.17) is 4.74 Å². The van der Waals surface area contributed by atoms with Crippen molar-refractivity contribution in [2.24, 2.45) is 5.92 Å². The van der Waals surface area contributed by atoms with Gasteiger partial charge in [-0.3, -0.25) is 39.7 Å². The van der Waals surface area contributed by atoms with Gasteiger partial charge in [0.15, 0.2) is 6.61 Å². The maximum absolute atomic E-state index is 12.3. The van der Waals surface area contributed by atoms with Gasteiger partial charge in [0.25, 0.3) is 17.5 Å². The smallest absolute Gasteiger partial charge is 0.311 e. The van der Waals surface area contributed by atoms with Gasteiger partial charge < -0.3 is 10.1 Å². The molecule has 3 amide bonds. The predicted octanol–water partition coefficient (Wildman–Crippen LogP) is 1.58. The fraction of sp³-hybridized carbons (Fsp3) is 0.238. The lowest BCUT2D eigenvalue weighted by atomic mass is 10.1. The molecule has 11 nitrogen and oxygen atoms in total. The Hall–Kier alpha value is -4.28. The Morgan fingerprint density at radius 2 is 1.78 bits per heavy atom. The van der Waals surface area contributed by atoms with Crippen molar-refractivity contribution < 1.29 is 28.8 Å². The van der Waals surface area contributed by atoms with Crippen LogP contribution in [-0.4, -0.2) is 46.8 Å². The standard InChI is InChI=1S/C21H20N4O7/c1-13-2-6-16(7-3-13)22-18(26)12-32-21(29)15-10-19(27)24(11-15)23-20(28)14-4-8-17(9-5-14)25(30)31/h2-9,15H,10-12H2,1H3,(H,22,26)(H,23,28)/t15-/m0/s1. The molecule has 0 aromatic heterocycles. The van der Waals surface area contributed by atoms with E-state index in [9.17, 15) is 29.3 Å². The van der Waals surface area contributed by atoms with Crippen LogP contribution in [0.15, 0.2) is 48.5 Å². The van der Waals surface area contributed by atoms with Crippen LogP contribution in [0.2, 0.25) is 0 Å². The monoisotopic (exact) mass is 440 g/mol. The molecule has 32 heavy (non-hydrogen) atoms. The van der Waals surface area contributed by atoms with Crippen LogP contribution >= 0.6 is 0 Å².